The van der Waals surface area contributed by atoms with E-state index in [1.165, 1.54) is 25.3 Å². The second kappa shape index (κ2) is 8.88. The van der Waals surface area contributed by atoms with Gasteiger partial charge in [-0.3, -0.25) is 9.69 Å². The molecule has 0 radical (unpaired) electrons. The van der Waals surface area contributed by atoms with Gasteiger partial charge in [-0.15, -0.1) is 0 Å². The highest BCUT2D eigenvalue weighted by atomic mass is 35.5. The number of carbonyl (C=O) groups excluding carboxylic acids is 1. The van der Waals surface area contributed by atoms with E-state index in [2.05, 4.69) is 20.3 Å². The maximum absolute atomic E-state index is 13.6. The number of hydrogen-bond acceptors (Lipinski definition) is 5. The Morgan fingerprint density at radius 2 is 1.97 bits per heavy atom. The lowest BCUT2D eigenvalue weighted by atomic mass is 9.84. The first kappa shape index (κ1) is 20.4. The number of nitrogens with one attached hydrogen (secondary N) is 1. The molecule has 1 N–H and O–H groups in total. The van der Waals surface area contributed by atoms with Crippen molar-refractivity contribution >= 4 is 34.3 Å². The summed E-state index contributed by atoms with van der Waals surface area (Å²) in [4.78, 5) is 15.9. The molecular weight excluding hydrogens is 395 g/mol. The quantitative estimate of drug-likeness (QED) is 0.793. The Hall–Kier alpha value is -1.86. The molecule has 0 unspecified atom stereocenters. The number of halogens is 2. The highest BCUT2D eigenvalue weighted by Crippen LogP contribution is 2.31. The summed E-state index contributed by atoms with van der Waals surface area (Å²) in [6, 6.07) is 3.26. The van der Waals surface area contributed by atoms with Gasteiger partial charge >= 0.3 is 0 Å². The number of aromatic nitrogens is 1. The summed E-state index contributed by atoms with van der Waals surface area (Å²) in [6.45, 7) is 6.40. The lowest BCUT2D eigenvalue weighted by Crippen LogP contribution is -2.47. The summed E-state index contributed by atoms with van der Waals surface area (Å²) >= 11 is 5.94. The van der Waals surface area contributed by atoms with Crippen LogP contribution in [-0.4, -0.2) is 54.7 Å². The standard InChI is InChI=1S/C21H28ClFN4O2/c1-14(28)24-16-4-2-15(3-5-16)6-7-26-8-10-27(11-9-26)21-17-12-18(22)19(23)13-20(17)29-25-21/h12-13,15-16H,2-11H2,1H3,(H,24,28). The summed E-state index contributed by atoms with van der Waals surface area (Å²) in [5, 5.41) is 8.05. The van der Waals surface area contributed by atoms with Crippen LogP contribution >= 0.6 is 11.6 Å². The Morgan fingerprint density at radius 1 is 1.24 bits per heavy atom. The van der Waals surface area contributed by atoms with Crippen LogP contribution in [0.3, 0.4) is 0 Å². The van der Waals surface area contributed by atoms with Crippen molar-refractivity contribution in [1.29, 1.82) is 0 Å². The average Bonchev–Trinajstić information content (AvgIpc) is 3.10. The van der Waals surface area contributed by atoms with Crippen LogP contribution in [0.25, 0.3) is 11.0 Å². The van der Waals surface area contributed by atoms with Crippen molar-refractivity contribution in [2.75, 3.05) is 37.6 Å². The van der Waals surface area contributed by atoms with Crippen LogP contribution in [0.2, 0.25) is 5.02 Å². The number of amides is 1. The van der Waals surface area contributed by atoms with Crippen LogP contribution < -0.4 is 10.2 Å². The molecule has 0 atom stereocenters. The minimum absolute atomic E-state index is 0.0821. The van der Waals surface area contributed by atoms with Gasteiger partial charge in [-0.25, -0.2) is 4.39 Å². The molecule has 29 heavy (non-hydrogen) atoms. The van der Waals surface area contributed by atoms with Gasteiger partial charge in [0.05, 0.1) is 10.4 Å². The predicted molar refractivity (Wildman–Crippen MR) is 112 cm³/mol. The molecule has 4 rings (SSSR count). The molecule has 1 aromatic heterocycles. The fourth-order valence-corrected chi connectivity index (χ4v) is 4.74. The van der Waals surface area contributed by atoms with Gasteiger partial charge in [-0.05, 0) is 50.6 Å². The van der Waals surface area contributed by atoms with E-state index in [9.17, 15) is 9.18 Å². The molecule has 1 saturated heterocycles. The number of benzene rings is 1. The minimum Gasteiger partial charge on any atom is -0.354 e. The first-order chi connectivity index (χ1) is 14.0. The van der Waals surface area contributed by atoms with Crippen molar-refractivity contribution in [2.24, 2.45) is 5.92 Å². The molecule has 8 heteroatoms. The second-order valence-electron chi connectivity index (χ2n) is 8.30. The molecule has 1 aromatic carbocycles. The lowest BCUT2D eigenvalue weighted by Gasteiger charge is -2.36. The van der Waals surface area contributed by atoms with Gasteiger partial charge < -0.3 is 14.7 Å². The first-order valence-corrected chi connectivity index (χ1v) is 10.9. The smallest absolute Gasteiger partial charge is 0.217 e. The van der Waals surface area contributed by atoms with Crippen molar-refractivity contribution in [3.63, 3.8) is 0 Å². The maximum atomic E-state index is 13.6. The summed E-state index contributed by atoms with van der Waals surface area (Å²) in [7, 11) is 0. The average molecular weight is 423 g/mol. The monoisotopic (exact) mass is 422 g/mol. The molecule has 2 aromatic rings. The molecule has 2 heterocycles. The van der Waals surface area contributed by atoms with Crippen LogP contribution in [0.5, 0.6) is 0 Å². The third-order valence-electron chi connectivity index (χ3n) is 6.27. The Kier molecular flexibility index (Phi) is 6.25. The highest BCUT2D eigenvalue weighted by molar-refractivity contribution is 6.31. The van der Waals surface area contributed by atoms with E-state index in [-0.39, 0.29) is 10.9 Å². The van der Waals surface area contributed by atoms with Crippen molar-refractivity contribution in [3.05, 3.63) is 23.0 Å². The zero-order valence-electron chi connectivity index (χ0n) is 16.8. The van der Waals surface area contributed by atoms with E-state index >= 15 is 0 Å². The molecule has 1 aliphatic carbocycles. The number of fused-ring (bicyclic) bond motifs is 1. The van der Waals surface area contributed by atoms with Crippen molar-refractivity contribution < 1.29 is 13.7 Å². The minimum atomic E-state index is -0.488. The van der Waals surface area contributed by atoms with Gasteiger partial charge in [0.1, 0.15) is 5.82 Å². The topological polar surface area (TPSA) is 61.6 Å². The van der Waals surface area contributed by atoms with E-state index < -0.39 is 5.82 Å². The second-order valence-corrected chi connectivity index (χ2v) is 8.71. The van der Waals surface area contributed by atoms with Crippen molar-refractivity contribution in [3.8, 4) is 0 Å². The SMILES string of the molecule is CC(=O)NC1CCC(CCN2CCN(c3noc4cc(F)c(Cl)cc34)CC2)CC1. The van der Waals surface area contributed by atoms with Gasteiger partial charge in [0, 0.05) is 45.2 Å². The maximum Gasteiger partial charge on any atom is 0.217 e. The Morgan fingerprint density at radius 3 is 2.66 bits per heavy atom. The number of hydrogen-bond donors (Lipinski definition) is 1. The number of carbonyl (C=O) groups is 1. The molecule has 158 valence electrons. The number of piperazine rings is 1. The number of anilines is 1. The number of nitrogens with zero attached hydrogens (tertiary/aromatic N) is 3. The molecule has 0 bridgehead atoms. The first-order valence-electron chi connectivity index (χ1n) is 10.5. The van der Waals surface area contributed by atoms with Crippen molar-refractivity contribution in [1.82, 2.24) is 15.4 Å². The Labute approximate surface area is 175 Å². The molecule has 1 saturated carbocycles. The predicted octanol–water partition coefficient (Wildman–Crippen LogP) is 3.83. The summed E-state index contributed by atoms with van der Waals surface area (Å²) in [5.74, 6) is 1.10. The molecule has 2 aliphatic rings. The molecule has 6 nitrogen and oxygen atoms in total. The van der Waals surface area contributed by atoms with E-state index in [0.29, 0.717) is 11.6 Å². The normalized spacial score (nSPS) is 23.5. The van der Waals surface area contributed by atoms with Gasteiger partial charge in [0.15, 0.2) is 11.4 Å². The van der Waals surface area contributed by atoms with E-state index in [0.717, 1.165) is 62.7 Å². The zero-order valence-corrected chi connectivity index (χ0v) is 17.6. The van der Waals surface area contributed by atoms with Crippen LogP contribution in [0.4, 0.5) is 10.2 Å². The van der Waals surface area contributed by atoms with Crippen LogP contribution in [-0.2, 0) is 4.79 Å². The van der Waals surface area contributed by atoms with Gasteiger partial charge in [0.2, 0.25) is 5.91 Å². The van der Waals surface area contributed by atoms with Gasteiger partial charge in [-0.2, -0.15) is 0 Å². The van der Waals surface area contributed by atoms with Crippen LogP contribution in [0.1, 0.15) is 39.0 Å². The third kappa shape index (κ3) is 4.83. The summed E-state index contributed by atoms with van der Waals surface area (Å²) < 4.78 is 18.9. The fourth-order valence-electron chi connectivity index (χ4n) is 4.58. The van der Waals surface area contributed by atoms with Crippen LogP contribution in [0.15, 0.2) is 16.7 Å². The summed E-state index contributed by atoms with van der Waals surface area (Å²) in [5.41, 5.74) is 0.430. The molecule has 2 fully saturated rings. The molecule has 0 spiro atoms. The van der Waals surface area contributed by atoms with Gasteiger partial charge in [0.25, 0.3) is 0 Å². The lowest BCUT2D eigenvalue weighted by molar-refractivity contribution is -0.119. The number of rotatable bonds is 5. The zero-order chi connectivity index (χ0) is 20.4. The Bertz CT molecular complexity index is 858. The summed E-state index contributed by atoms with van der Waals surface area (Å²) in [6.07, 6.45) is 5.82. The fraction of sp³-hybridized carbons (Fsp3) is 0.619. The van der Waals surface area contributed by atoms with Crippen molar-refractivity contribution in [2.45, 2.75) is 45.1 Å². The van der Waals surface area contributed by atoms with Crippen LogP contribution in [0, 0.1) is 11.7 Å². The molecular formula is C21H28ClFN4O2. The third-order valence-corrected chi connectivity index (χ3v) is 6.56. The highest BCUT2D eigenvalue weighted by Gasteiger charge is 2.25. The largest absolute Gasteiger partial charge is 0.354 e. The van der Waals surface area contributed by atoms with Gasteiger partial charge in [-0.1, -0.05) is 16.8 Å². The Balaban J connectivity index is 1.24. The molecule has 1 aliphatic heterocycles. The van der Waals surface area contributed by atoms with E-state index in [1.54, 1.807) is 13.0 Å². The van der Waals surface area contributed by atoms with E-state index in [1.807, 2.05) is 0 Å². The van der Waals surface area contributed by atoms with E-state index in [4.69, 9.17) is 16.1 Å². The molecule has 1 amide bonds.